The number of carbonyl (C=O) groups excluding carboxylic acids is 2. The molecule has 0 aliphatic carbocycles. The fourth-order valence-corrected chi connectivity index (χ4v) is 5.89. The Kier molecular flexibility index (Phi) is 11.2. The van der Waals surface area contributed by atoms with E-state index in [0.717, 1.165) is 35.8 Å². The van der Waals surface area contributed by atoms with Crippen molar-refractivity contribution in [2.24, 2.45) is 0 Å². The summed E-state index contributed by atoms with van der Waals surface area (Å²) in [4.78, 5) is 27.7. The van der Waals surface area contributed by atoms with Gasteiger partial charge in [-0.15, -0.1) is 0 Å². The molecular weight excluding hydrogens is 530 g/mol. The molecule has 0 unspecified atom stereocenters. The first-order chi connectivity index (χ1) is 18.6. The number of nitrogens with one attached hydrogen (secondary N) is 2. The number of unbranched alkanes of at least 4 members (excludes halogenated alkanes) is 1. The van der Waals surface area contributed by atoms with Crippen molar-refractivity contribution in [3.8, 4) is 0 Å². The van der Waals surface area contributed by atoms with Crippen LogP contribution < -0.4 is 10.6 Å². The molecule has 0 bridgehead atoms. The topological polar surface area (TPSA) is 108 Å². The minimum absolute atomic E-state index is 0.0783. The quantitative estimate of drug-likeness (QED) is 0.382. The maximum Gasteiger partial charge on any atom is 0.409 e. The van der Waals surface area contributed by atoms with Crippen molar-refractivity contribution < 1.29 is 31.5 Å². The van der Waals surface area contributed by atoms with Gasteiger partial charge in [0, 0.05) is 19.5 Å². The Bertz CT molecular complexity index is 1210. The number of sulfonamides is 1. The summed E-state index contributed by atoms with van der Waals surface area (Å²) in [6.45, 7) is 1.38. The molecule has 2 atom stereocenters. The van der Waals surface area contributed by atoms with Crippen LogP contribution in [0.5, 0.6) is 0 Å². The molecule has 1 saturated heterocycles. The van der Waals surface area contributed by atoms with Crippen molar-refractivity contribution in [1.82, 2.24) is 19.8 Å². The Morgan fingerprint density at radius 2 is 1.82 bits per heavy atom. The lowest BCUT2D eigenvalue weighted by molar-refractivity contribution is -0.123. The van der Waals surface area contributed by atoms with Gasteiger partial charge in [0.2, 0.25) is 15.9 Å². The lowest BCUT2D eigenvalue weighted by Gasteiger charge is -2.34. The van der Waals surface area contributed by atoms with Crippen molar-refractivity contribution in [2.75, 3.05) is 33.7 Å². The molecule has 12 heteroatoms. The second-order valence-electron chi connectivity index (χ2n) is 9.76. The molecule has 1 fully saturated rings. The van der Waals surface area contributed by atoms with Crippen LogP contribution in [-0.2, 0) is 26.0 Å². The van der Waals surface area contributed by atoms with Crippen LogP contribution in [0.2, 0.25) is 0 Å². The maximum absolute atomic E-state index is 13.7. The minimum atomic E-state index is -4.13. The van der Waals surface area contributed by atoms with Gasteiger partial charge in [0.15, 0.2) is 6.23 Å². The zero-order valence-corrected chi connectivity index (χ0v) is 23.1. The molecule has 0 saturated carbocycles. The highest BCUT2D eigenvalue weighted by atomic mass is 32.2. The number of halogens is 2. The summed E-state index contributed by atoms with van der Waals surface area (Å²) < 4.78 is 60.0. The average molecular weight is 567 g/mol. The molecule has 9 nitrogen and oxygen atoms in total. The average Bonchev–Trinajstić information content (AvgIpc) is 2.89. The largest absolute Gasteiger partial charge is 0.429 e. The van der Waals surface area contributed by atoms with Gasteiger partial charge < -0.3 is 20.3 Å². The van der Waals surface area contributed by atoms with E-state index in [1.54, 1.807) is 0 Å². The van der Waals surface area contributed by atoms with Gasteiger partial charge in [-0.05, 0) is 88.6 Å². The van der Waals surface area contributed by atoms with Crippen molar-refractivity contribution in [1.29, 1.82) is 0 Å². The Balaban J connectivity index is 1.69. The first kappa shape index (κ1) is 30.5. The number of hydrogen-bond donors (Lipinski definition) is 2. The van der Waals surface area contributed by atoms with Crippen molar-refractivity contribution >= 4 is 22.0 Å². The fraction of sp³-hybridized carbons (Fsp3) is 0.481. The van der Waals surface area contributed by atoms with Crippen LogP contribution in [-0.4, -0.2) is 75.6 Å². The molecule has 1 aliphatic heterocycles. The third kappa shape index (κ3) is 9.26. The zero-order chi connectivity index (χ0) is 28.4. The van der Waals surface area contributed by atoms with Gasteiger partial charge in [-0.1, -0.05) is 18.2 Å². The predicted octanol–water partition coefficient (Wildman–Crippen LogP) is 3.26. The normalized spacial score (nSPS) is 17.0. The summed E-state index contributed by atoms with van der Waals surface area (Å²) in [5, 5.41) is 5.36. The molecule has 2 aromatic carbocycles. The standard InChI is InChI=1S/C27H36F2N4O5S/c1-32(2)16-6-4-15-30-26(34)24(18-20-11-13-21(28)14-12-20)31-27(35)38-25-10-3-5-17-33(25)39(36,37)23-9-7-8-22(29)19-23/h7-9,11-14,19,24-25H,3-6,10,15-18H2,1-2H3,(H,30,34)(H,31,35)/t24-,25-/m0/s1. The smallest absolute Gasteiger partial charge is 0.409 e. The highest BCUT2D eigenvalue weighted by molar-refractivity contribution is 7.89. The summed E-state index contributed by atoms with van der Waals surface area (Å²) in [6, 6.07) is 9.19. The molecule has 0 aromatic heterocycles. The van der Waals surface area contributed by atoms with E-state index in [2.05, 4.69) is 10.6 Å². The highest BCUT2D eigenvalue weighted by Gasteiger charge is 2.36. The van der Waals surface area contributed by atoms with E-state index < -0.39 is 45.9 Å². The molecule has 2 N–H and O–H groups in total. The van der Waals surface area contributed by atoms with Gasteiger partial charge in [0.25, 0.3) is 0 Å². The van der Waals surface area contributed by atoms with Gasteiger partial charge in [-0.2, -0.15) is 4.31 Å². The molecule has 3 rings (SSSR count). The van der Waals surface area contributed by atoms with Gasteiger partial charge in [0.1, 0.15) is 17.7 Å². The number of amides is 2. The molecule has 0 radical (unpaired) electrons. The number of rotatable bonds is 12. The van der Waals surface area contributed by atoms with Crippen molar-refractivity contribution in [2.45, 2.75) is 55.7 Å². The Morgan fingerprint density at radius 3 is 2.51 bits per heavy atom. The third-order valence-corrected chi connectivity index (χ3v) is 8.22. The van der Waals surface area contributed by atoms with Gasteiger partial charge in [-0.25, -0.2) is 22.0 Å². The molecule has 39 heavy (non-hydrogen) atoms. The number of piperidine rings is 1. The summed E-state index contributed by atoms with van der Waals surface area (Å²) in [6.07, 6.45) is 1.05. The molecule has 1 aliphatic rings. The summed E-state index contributed by atoms with van der Waals surface area (Å²) in [7, 11) is -0.206. The Hall–Kier alpha value is -3.09. The van der Waals surface area contributed by atoms with Crippen molar-refractivity contribution in [3.63, 3.8) is 0 Å². The van der Waals surface area contributed by atoms with Crippen LogP contribution in [0.25, 0.3) is 0 Å². The van der Waals surface area contributed by atoms with E-state index in [1.807, 2.05) is 19.0 Å². The van der Waals surface area contributed by atoms with Crippen LogP contribution in [0, 0.1) is 11.6 Å². The maximum atomic E-state index is 13.7. The number of nitrogens with zero attached hydrogens (tertiary/aromatic N) is 2. The first-order valence-electron chi connectivity index (χ1n) is 13.0. The van der Waals surface area contributed by atoms with E-state index in [-0.39, 0.29) is 24.3 Å². The molecule has 2 aromatic rings. The summed E-state index contributed by atoms with van der Waals surface area (Å²) in [5.41, 5.74) is 0.623. The first-order valence-corrected chi connectivity index (χ1v) is 14.4. The zero-order valence-electron chi connectivity index (χ0n) is 22.2. The molecule has 1 heterocycles. The fourth-order valence-electron chi connectivity index (χ4n) is 4.28. The highest BCUT2D eigenvalue weighted by Crippen LogP contribution is 2.26. The Labute approximate surface area is 228 Å². The second-order valence-corrected chi connectivity index (χ2v) is 11.6. The summed E-state index contributed by atoms with van der Waals surface area (Å²) in [5.74, 6) is -1.56. The number of benzene rings is 2. The van der Waals surface area contributed by atoms with Gasteiger partial charge in [-0.3, -0.25) is 4.79 Å². The van der Waals surface area contributed by atoms with E-state index in [9.17, 15) is 26.8 Å². The van der Waals surface area contributed by atoms with E-state index in [1.165, 1.54) is 36.4 Å². The van der Waals surface area contributed by atoms with E-state index in [4.69, 9.17) is 4.74 Å². The molecule has 214 valence electrons. The van der Waals surface area contributed by atoms with Crippen LogP contribution >= 0.6 is 0 Å². The van der Waals surface area contributed by atoms with E-state index in [0.29, 0.717) is 24.9 Å². The van der Waals surface area contributed by atoms with Gasteiger partial charge >= 0.3 is 6.09 Å². The lowest BCUT2D eigenvalue weighted by Crippen LogP contribution is -2.51. The van der Waals surface area contributed by atoms with Crippen LogP contribution in [0.4, 0.5) is 13.6 Å². The van der Waals surface area contributed by atoms with E-state index >= 15 is 0 Å². The van der Waals surface area contributed by atoms with Gasteiger partial charge in [0.05, 0.1) is 4.90 Å². The third-order valence-electron chi connectivity index (χ3n) is 6.34. The minimum Gasteiger partial charge on any atom is -0.429 e. The number of ether oxygens (including phenoxy) is 1. The molecule has 0 spiro atoms. The van der Waals surface area contributed by atoms with Crippen LogP contribution in [0.15, 0.2) is 53.4 Å². The van der Waals surface area contributed by atoms with Crippen LogP contribution in [0.3, 0.4) is 0 Å². The van der Waals surface area contributed by atoms with Crippen LogP contribution in [0.1, 0.15) is 37.7 Å². The number of hydrogen-bond acceptors (Lipinski definition) is 6. The predicted molar refractivity (Wildman–Crippen MR) is 142 cm³/mol. The van der Waals surface area contributed by atoms with Crippen molar-refractivity contribution in [3.05, 3.63) is 65.7 Å². The summed E-state index contributed by atoms with van der Waals surface area (Å²) >= 11 is 0. The molecule has 2 amide bonds. The lowest BCUT2D eigenvalue weighted by atomic mass is 10.1. The monoisotopic (exact) mass is 566 g/mol. The number of alkyl carbamates (subject to hydrolysis) is 1. The molecular formula is C27H36F2N4O5S. The number of carbonyl (C=O) groups is 2. The Morgan fingerprint density at radius 1 is 1.08 bits per heavy atom. The second kappa shape index (κ2) is 14.3. The SMILES string of the molecule is CN(C)CCCCNC(=O)[C@H](Cc1ccc(F)cc1)NC(=O)O[C@H]1CCCCN1S(=O)(=O)c1cccc(F)c1.